The molecule has 6 rings (SSSR count). The zero-order chi connectivity index (χ0) is 31.1. The Morgan fingerprint density at radius 1 is 0.978 bits per heavy atom. The third-order valence-electron chi connectivity index (χ3n) is 8.77. The van der Waals surface area contributed by atoms with Crippen LogP contribution in [0.1, 0.15) is 53.9 Å². The summed E-state index contributed by atoms with van der Waals surface area (Å²) < 4.78 is 30.1. The van der Waals surface area contributed by atoms with Gasteiger partial charge in [0, 0.05) is 51.0 Å². The smallest absolute Gasteiger partial charge is 0.407 e. The van der Waals surface area contributed by atoms with E-state index in [9.17, 15) is 9.90 Å². The summed E-state index contributed by atoms with van der Waals surface area (Å²) in [7, 11) is 0. The summed E-state index contributed by atoms with van der Waals surface area (Å²) in [6.07, 6.45) is 2.80. The number of likely N-dealkylation sites (tertiary alicyclic amines) is 1. The standard InChI is InChI=1S/C36H42N2O7/c1-2-19-41-35(40)37-23-30-5-3-4-6-32(30)27-11-13-29(14-12-27)34-44-31(22-33(45-34)28-9-7-26(25-39)8-10-28)24-38-17-15-36(16-18-38)42-20-21-43-36/h2-14,31,33-34,39H,1,15-25H2,(H,37,40). The van der Waals surface area contributed by atoms with E-state index in [0.29, 0.717) is 19.8 Å². The Kier molecular flexibility index (Phi) is 10.2. The van der Waals surface area contributed by atoms with Crippen LogP contribution in [0.2, 0.25) is 0 Å². The van der Waals surface area contributed by atoms with E-state index in [1.807, 2.05) is 48.5 Å². The molecule has 0 bridgehead atoms. The summed E-state index contributed by atoms with van der Waals surface area (Å²) in [6, 6.07) is 24.2. The largest absolute Gasteiger partial charge is 0.445 e. The maximum atomic E-state index is 12.0. The Balaban J connectivity index is 1.16. The van der Waals surface area contributed by atoms with Gasteiger partial charge in [-0.2, -0.15) is 0 Å². The Bertz CT molecular complexity index is 1410. The third-order valence-corrected chi connectivity index (χ3v) is 8.77. The number of hydrogen-bond donors (Lipinski definition) is 2. The number of aliphatic hydroxyl groups is 1. The van der Waals surface area contributed by atoms with Crippen molar-refractivity contribution in [3.63, 3.8) is 0 Å². The van der Waals surface area contributed by atoms with Crippen LogP contribution >= 0.6 is 0 Å². The van der Waals surface area contributed by atoms with Gasteiger partial charge in [-0.1, -0.05) is 85.5 Å². The summed E-state index contributed by atoms with van der Waals surface area (Å²) in [6.45, 7) is 8.04. The normalized spacial score (nSPS) is 23.1. The minimum atomic E-state index is -0.533. The average Bonchev–Trinajstić information content (AvgIpc) is 3.55. The molecule has 0 aliphatic carbocycles. The lowest BCUT2D eigenvalue weighted by Gasteiger charge is -2.41. The number of carbonyl (C=O) groups excluding carboxylic acids is 1. The molecule has 3 atom stereocenters. The topological polar surface area (TPSA) is 98.7 Å². The predicted molar refractivity (Wildman–Crippen MR) is 169 cm³/mol. The van der Waals surface area contributed by atoms with Gasteiger partial charge in [0.05, 0.1) is 32.0 Å². The van der Waals surface area contributed by atoms with E-state index in [-0.39, 0.29) is 25.4 Å². The summed E-state index contributed by atoms with van der Waals surface area (Å²) in [5, 5.41) is 12.3. The second kappa shape index (κ2) is 14.7. The van der Waals surface area contributed by atoms with Crippen molar-refractivity contribution in [3.8, 4) is 11.1 Å². The first-order chi connectivity index (χ1) is 22.0. The molecule has 9 nitrogen and oxygen atoms in total. The maximum absolute atomic E-state index is 12.0. The minimum Gasteiger partial charge on any atom is -0.445 e. The third kappa shape index (κ3) is 7.81. The van der Waals surface area contributed by atoms with Crippen molar-refractivity contribution in [1.29, 1.82) is 0 Å². The van der Waals surface area contributed by atoms with E-state index in [4.69, 9.17) is 23.7 Å². The van der Waals surface area contributed by atoms with Crippen LogP contribution in [-0.4, -0.2) is 67.4 Å². The van der Waals surface area contributed by atoms with E-state index in [1.165, 1.54) is 6.08 Å². The van der Waals surface area contributed by atoms with Crippen molar-refractivity contribution >= 4 is 6.09 Å². The molecule has 3 fully saturated rings. The van der Waals surface area contributed by atoms with Crippen LogP contribution in [-0.2, 0) is 36.8 Å². The SMILES string of the molecule is C=CCOC(=O)NCc1ccccc1-c1ccc(C2OC(CN3CCC4(CC3)OCCO4)CC(c3ccc(CO)cc3)O2)cc1. The first kappa shape index (κ1) is 31.4. The summed E-state index contributed by atoms with van der Waals surface area (Å²) in [4.78, 5) is 14.4. The van der Waals surface area contributed by atoms with Crippen LogP contribution in [0.3, 0.4) is 0 Å². The fourth-order valence-corrected chi connectivity index (χ4v) is 6.31. The fraction of sp³-hybridized carbons (Fsp3) is 0.417. The van der Waals surface area contributed by atoms with E-state index < -0.39 is 18.2 Å². The molecule has 238 valence electrons. The number of piperidine rings is 1. The monoisotopic (exact) mass is 614 g/mol. The van der Waals surface area contributed by atoms with Crippen LogP contribution in [0.4, 0.5) is 4.79 Å². The Hall–Kier alpha value is -3.57. The summed E-state index contributed by atoms with van der Waals surface area (Å²) in [5.41, 5.74) is 5.91. The highest BCUT2D eigenvalue weighted by molar-refractivity contribution is 5.70. The molecule has 3 aliphatic heterocycles. The van der Waals surface area contributed by atoms with E-state index >= 15 is 0 Å². The lowest BCUT2D eigenvalue weighted by atomic mass is 9.97. The van der Waals surface area contributed by atoms with Gasteiger partial charge in [-0.15, -0.1) is 0 Å². The van der Waals surface area contributed by atoms with Crippen molar-refractivity contribution < 1.29 is 33.6 Å². The number of nitrogens with zero attached hydrogens (tertiary/aromatic N) is 1. The molecule has 3 saturated heterocycles. The van der Waals surface area contributed by atoms with E-state index in [2.05, 4.69) is 41.1 Å². The Morgan fingerprint density at radius 2 is 1.69 bits per heavy atom. The van der Waals surface area contributed by atoms with Gasteiger partial charge < -0.3 is 39.0 Å². The molecule has 0 aromatic heterocycles. The van der Waals surface area contributed by atoms with Gasteiger partial charge in [-0.3, -0.25) is 0 Å². The zero-order valence-electron chi connectivity index (χ0n) is 25.6. The van der Waals surface area contributed by atoms with E-state index in [0.717, 1.165) is 72.3 Å². The zero-order valence-corrected chi connectivity index (χ0v) is 25.6. The molecular weight excluding hydrogens is 572 g/mol. The van der Waals surface area contributed by atoms with Gasteiger partial charge >= 0.3 is 6.09 Å². The highest BCUT2D eigenvalue weighted by Crippen LogP contribution is 2.39. The van der Waals surface area contributed by atoms with Crippen molar-refractivity contribution in [2.24, 2.45) is 0 Å². The van der Waals surface area contributed by atoms with E-state index in [1.54, 1.807) is 0 Å². The number of aliphatic hydroxyl groups excluding tert-OH is 1. The van der Waals surface area contributed by atoms with Gasteiger partial charge in [-0.25, -0.2) is 4.79 Å². The van der Waals surface area contributed by atoms with Crippen molar-refractivity contribution in [2.75, 3.05) is 39.5 Å². The van der Waals surface area contributed by atoms with Crippen LogP contribution in [0, 0.1) is 0 Å². The lowest BCUT2D eigenvalue weighted by Crippen LogP contribution is -2.48. The van der Waals surface area contributed by atoms with Gasteiger partial charge in [0.25, 0.3) is 0 Å². The van der Waals surface area contributed by atoms with Crippen LogP contribution in [0.15, 0.2) is 85.5 Å². The molecular formula is C36H42N2O7. The summed E-state index contributed by atoms with van der Waals surface area (Å²) >= 11 is 0. The number of amides is 1. The molecule has 1 spiro atoms. The Labute approximate surface area is 264 Å². The first-order valence-corrected chi connectivity index (χ1v) is 15.7. The number of hydrogen-bond acceptors (Lipinski definition) is 8. The molecule has 3 aromatic carbocycles. The highest BCUT2D eigenvalue weighted by atomic mass is 16.7. The predicted octanol–water partition coefficient (Wildman–Crippen LogP) is 5.64. The van der Waals surface area contributed by atoms with Crippen LogP contribution in [0.5, 0.6) is 0 Å². The van der Waals surface area contributed by atoms with Crippen LogP contribution < -0.4 is 5.32 Å². The molecule has 1 amide bonds. The number of nitrogens with one attached hydrogen (secondary N) is 1. The molecule has 9 heteroatoms. The first-order valence-electron chi connectivity index (χ1n) is 15.7. The second-order valence-corrected chi connectivity index (χ2v) is 11.8. The molecule has 0 saturated carbocycles. The molecule has 3 aliphatic rings. The number of rotatable bonds is 10. The number of ether oxygens (including phenoxy) is 5. The van der Waals surface area contributed by atoms with Gasteiger partial charge in [0.2, 0.25) is 0 Å². The minimum absolute atomic E-state index is 0.00891. The van der Waals surface area contributed by atoms with Crippen LogP contribution in [0.25, 0.3) is 11.1 Å². The average molecular weight is 615 g/mol. The lowest BCUT2D eigenvalue weighted by molar-refractivity contribution is -0.255. The molecule has 3 aromatic rings. The number of benzene rings is 3. The van der Waals surface area contributed by atoms with Crippen molar-refractivity contribution in [1.82, 2.24) is 10.2 Å². The second-order valence-electron chi connectivity index (χ2n) is 11.8. The number of carbonyl (C=O) groups is 1. The van der Waals surface area contributed by atoms with Gasteiger partial charge in [0.1, 0.15) is 6.61 Å². The molecule has 0 radical (unpaired) electrons. The quantitative estimate of drug-likeness (QED) is 0.283. The van der Waals surface area contributed by atoms with Crippen molar-refractivity contribution in [2.45, 2.75) is 56.7 Å². The Morgan fingerprint density at radius 3 is 2.40 bits per heavy atom. The fourth-order valence-electron chi connectivity index (χ4n) is 6.31. The molecule has 2 N–H and O–H groups in total. The van der Waals surface area contributed by atoms with Gasteiger partial charge in [-0.05, 0) is 27.8 Å². The summed E-state index contributed by atoms with van der Waals surface area (Å²) in [5.74, 6) is -0.405. The molecule has 3 unspecified atom stereocenters. The molecule has 45 heavy (non-hydrogen) atoms. The maximum Gasteiger partial charge on any atom is 0.407 e. The van der Waals surface area contributed by atoms with Crippen molar-refractivity contribution in [3.05, 3.63) is 108 Å². The number of alkyl carbamates (subject to hydrolysis) is 1. The highest BCUT2D eigenvalue weighted by Gasteiger charge is 2.41. The van der Waals surface area contributed by atoms with Gasteiger partial charge in [0.15, 0.2) is 12.1 Å². The molecule has 3 heterocycles.